The maximum Gasteiger partial charge on any atom is 0.335 e. The molecule has 2 aromatic rings. The average molecular weight is 349 g/mol. The number of rotatable bonds is 5. The largest absolute Gasteiger partial charge is 0.478 e. The van der Waals surface area contributed by atoms with Crippen LogP contribution in [0.15, 0.2) is 34.8 Å². The molecule has 0 radical (unpaired) electrons. The number of aromatic nitrogens is 1. The van der Waals surface area contributed by atoms with Crippen molar-refractivity contribution in [1.29, 1.82) is 0 Å². The molecule has 2 N–H and O–H groups in total. The molecule has 0 amide bonds. The quantitative estimate of drug-likeness (QED) is 0.832. The van der Waals surface area contributed by atoms with E-state index >= 15 is 0 Å². The zero-order chi connectivity index (χ0) is 15.4. The first-order valence-electron chi connectivity index (χ1n) is 6.77. The summed E-state index contributed by atoms with van der Waals surface area (Å²) in [5.74, 6) is -0.386. The van der Waals surface area contributed by atoms with Crippen molar-refractivity contribution in [2.24, 2.45) is 0 Å². The van der Waals surface area contributed by atoms with Gasteiger partial charge in [-0.05, 0) is 43.2 Å². The molecule has 110 valence electrons. The van der Waals surface area contributed by atoms with Gasteiger partial charge in [0.1, 0.15) is 5.82 Å². The van der Waals surface area contributed by atoms with Gasteiger partial charge in [-0.1, -0.05) is 35.3 Å². The minimum absolute atomic E-state index is 0.253. The number of aryl methyl sites for hydroxylation is 2. The van der Waals surface area contributed by atoms with Crippen LogP contribution in [0.5, 0.6) is 0 Å². The summed E-state index contributed by atoms with van der Waals surface area (Å²) in [5.41, 5.74) is 3.01. The SMILES string of the molecule is CCCc1cc(C(=O)O)cc(Nc2cc(Br)ccc2C)n1. The molecule has 0 atom stereocenters. The fourth-order valence-electron chi connectivity index (χ4n) is 2.03. The van der Waals surface area contributed by atoms with Gasteiger partial charge < -0.3 is 10.4 Å². The molecule has 0 unspecified atom stereocenters. The minimum atomic E-state index is -0.941. The lowest BCUT2D eigenvalue weighted by Gasteiger charge is -2.11. The smallest absolute Gasteiger partial charge is 0.335 e. The van der Waals surface area contributed by atoms with Gasteiger partial charge >= 0.3 is 5.97 Å². The predicted octanol–water partition coefficient (Wildman–Crippen LogP) is 4.55. The van der Waals surface area contributed by atoms with Crippen molar-refractivity contribution in [3.63, 3.8) is 0 Å². The summed E-state index contributed by atoms with van der Waals surface area (Å²) in [6, 6.07) is 9.08. The van der Waals surface area contributed by atoms with Crippen LogP contribution in [0.1, 0.15) is 35.0 Å². The van der Waals surface area contributed by atoms with Crippen molar-refractivity contribution in [3.8, 4) is 0 Å². The van der Waals surface area contributed by atoms with E-state index in [2.05, 4.69) is 26.2 Å². The van der Waals surface area contributed by atoms with Crippen molar-refractivity contribution in [2.45, 2.75) is 26.7 Å². The Hall–Kier alpha value is -1.88. The van der Waals surface area contributed by atoms with Crippen LogP contribution < -0.4 is 5.32 Å². The minimum Gasteiger partial charge on any atom is -0.478 e. The van der Waals surface area contributed by atoms with Crippen molar-refractivity contribution in [1.82, 2.24) is 4.98 Å². The molecule has 1 aromatic carbocycles. The highest BCUT2D eigenvalue weighted by atomic mass is 79.9. The van der Waals surface area contributed by atoms with E-state index in [-0.39, 0.29) is 5.56 Å². The number of carboxylic acid groups (broad SMARTS) is 1. The van der Waals surface area contributed by atoms with E-state index in [9.17, 15) is 9.90 Å². The molecule has 0 aliphatic carbocycles. The summed E-state index contributed by atoms with van der Waals surface area (Å²) >= 11 is 3.43. The van der Waals surface area contributed by atoms with Gasteiger partial charge in [-0.2, -0.15) is 0 Å². The number of aromatic carboxylic acids is 1. The Balaban J connectivity index is 2.38. The fourth-order valence-corrected chi connectivity index (χ4v) is 2.39. The number of carboxylic acids is 1. The maximum atomic E-state index is 11.2. The normalized spacial score (nSPS) is 10.4. The number of hydrogen-bond donors (Lipinski definition) is 2. The summed E-state index contributed by atoms with van der Waals surface area (Å²) in [4.78, 5) is 15.7. The second-order valence-corrected chi connectivity index (χ2v) is 5.79. The first-order valence-corrected chi connectivity index (χ1v) is 7.56. The predicted molar refractivity (Wildman–Crippen MR) is 87.4 cm³/mol. The van der Waals surface area contributed by atoms with E-state index in [4.69, 9.17) is 0 Å². The van der Waals surface area contributed by atoms with Gasteiger partial charge in [-0.25, -0.2) is 9.78 Å². The lowest BCUT2D eigenvalue weighted by molar-refractivity contribution is 0.0696. The number of carbonyl (C=O) groups is 1. The monoisotopic (exact) mass is 348 g/mol. The van der Waals surface area contributed by atoms with Crippen molar-refractivity contribution in [2.75, 3.05) is 5.32 Å². The van der Waals surface area contributed by atoms with Gasteiger partial charge in [0.05, 0.1) is 5.56 Å². The van der Waals surface area contributed by atoms with Gasteiger partial charge in [0.2, 0.25) is 0 Å². The van der Waals surface area contributed by atoms with Gasteiger partial charge in [-0.15, -0.1) is 0 Å². The Labute approximate surface area is 132 Å². The number of halogens is 1. The molecule has 0 spiro atoms. The van der Waals surface area contributed by atoms with Crippen LogP contribution in [-0.2, 0) is 6.42 Å². The standard InChI is InChI=1S/C16H17BrN2O2/c1-3-4-13-7-11(16(20)21)8-15(18-13)19-14-9-12(17)6-5-10(14)2/h5-9H,3-4H2,1-2H3,(H,18,19)(H,20,21). The van der Waals surface area contributed by atoms with E-state index in [1.165, 1.54) is 0 Å². The summed E-state index contributed by atoms with van der Waals surface area (Å²) in [6.45, 7) is 4.03. The molecule has 0 saturated carbocycles. The molecule has 1 aromatic heterocycles. The third-order valence-corrected chi connectivity index (χ3v) is 3.59. The van der Waals surface area contributed by atoms with E-state index in [1.807, 2.05) is 32.0 Å². The van der Waals surface area contributed by atoms with Crippen molar-refractivity contribution < 1.29 is 9.90 Å². The van der Waals surface area contributed by atoms with Gasteiger partial charge in [0, 0.05) is 15.9 Å². The molecule has 5 heteroatoms. The molecule has 0 saturated heterocycles. The average Bonchev–Trinajstić information content (AvgIpc) is 2.43. The summed E-state index contributed by atoms with van der Waals surface area (Å²) in [7, 11) is 0. The lowest BCUT2D eigenvalue weighted by atomic mass is 10.1. The number of anilines is 2. The molecule has 21 heavy (non-hydrogen) atoms. The number of nitrogens with one attached hydrogen (secondary N) is 1. The molecule has 0 aliphatic heterocycles. The number of nitrogens with zero attached hydrogens (tertiary/aromatic N) is 1. The molecule has 4 nitrogen and oxygen atoms in total. The highest BCUT2D eigenvalue weighted by Crippen LogP contribution is 2.24. The maximum absolute atomic E-state index is 11.2. The number of hydrogen-bond acceptors (Lipinski definition) is 3. The van der Waals surface area contributed by atoms with Crippen LogP contribution in [0, 0.1) is 6.92 Å². The molecule has 0 fully saturated rings. The van der Waals surface area contributed by atoms with Crippen LogP contribution in [0.4, 0.5) is 11.5 Å². The van der Waals surface area contributed by atoms with Gasteiger partial charge in [0.25, 0.3) is 0 Å². The fraction of sp³-hybridized carbons (Fsp3) is 0.250. The van der Waals surface area contributed by atoms with Crippen LogP contribution in [0.2, 0.25) is 0 Å². The summed E-state index contributed by atoms with van der Waals surface area (Å²) < 4.78 is 0.957. The third kappa shape index (κ3) is 4.04. The lowest BCUT2D eigenvalue weighted by Crippen LogP contribution is -2.04. The van der Waals surface area contributed by atoms with Gasteiger partial charge in [0.15, 0.2) is 0 Å². The van der Waals surface area contributed by atoms with Gasteiger partial charge in [-0.3, -0.25) is 0 Å². The second kappa shape index (κ2) is 6.72. The molecular formula is C16H17BrN2O2. The Morgan fingerprint density at radius 1 is 1.33 bits per heavy atom. The van der Waals surface area contributed by atoms with E-state index in [0.717, 1.165) is 34.3 Å². The van der Waals surface area contributed by atoms with Crippen LogP contribution in [0.3, 0.4) is 0 Å². The second-order valence-electron chi connectivity index (χ2n) is 4.87. The molecular weight excluding hydrogens is 332 g/mol. The Kier molecular flexibility index (Phi) is 4.96. The Morgan fingerprint density at radius 2 is 2.10 bits per heavy atom. The molecule has 2 rings (SSSR count). The zero-order valence-corrected chi connectivity index (χ0v) is 13.6. The summed E-state index contributed by atoms with van der Waals surface area (Å²) in [6.07, 6.45) is 1.68. The third-order valence-electron chi connectivity index (χ3n) is 3.09. The first-order chi connectivity index (χ1) is 9.99. The van der Waals surface area contributed by atoms with E-state index in [1.54, 1.807) is 12.1 Å². The molecule has 0 bridgehead atoms. The molecule has 1 heterocycles. The summed E-state index contributed by atoms with van der Waals surface area (Å²) in [5, 5.41) is 12.4. The highest BCUT2D eigenvalue weighted by Gasteiger charge is 2.09. The molecule has 0 aliphatic rings. The van der Waals surface area contributed by atoms with Crippen LogP contribution in [-0.4, -0.2) is 16.1 Å². The topological polar surface area (TPSA) is 62.2 Å². The number of benzene rings is 1. The van der Waals surface area contributed by atoms with Crippen LogP contribution >= 0.6 is 15.9 Å². The van der Waals surface area contributed by atoms with E-state index < -0.39 is 5.97 Å². The Morgan fingerprint density at radius 3 is 2.76 bits per heavy atom. The van der Waals surface area contributed by atoms with Crippen molar-refractivity contribution in [3.05, 3.63) is 51.6 Å². The number of pyridine rings is 1. The Bertz CT molecular complexity index is 671. The highest BCUT2D eigenvalue weighted by molar-refractivity contribution is 9.10. The van der Waals surface area contributed by atoms with Crippen LogP contribution in [0.25, 0.3) is 0 Å². The van der Waals surface area contributed by atoms with E-state index in [0.29, 0.717) is 5.82 Å². The van der Waals surface area contributed by atoms with Crippen molar-refractivity contribution >= 4 is 33.4 Å². The first kappa shape index (κ1) is 15.5. The zero-order valence-electron chi connectivity index (χ0n) is 12.0.